The van der Waals surface area contributed by atoms with Crippen molar-refractivity contribution < 1.29 is 9.90 Å². The number of carbonyl (C=O) groups is 1. The van der Waals surface area contributed by atoms with Crippen molar-refractivity contribution in [1.29, 1.82) is 0 Å². The largest absolute Gasteiger partial charge is 0.480 e. The zero-order valence-corrected chi connectivity index (χ0v) is 12.7. The monoisotopic (exact) mass is 271 g/mol. The van der Waals surface area contributed by atoms with Gasteiger partial charge in [0.25, 0.3) is 0 Å². The molecule has 5 nitrogen and oxygen atoms in total. The molecule has 1 fully saturated rings. The third-order valence-electron chi connectivity index (χ3n) is 3.75. The number of hydrogen-bond acceptors (Lipinski definition) is 4. The first-order valence-electron chi connectivity index (χ1n) is 7.35. The lowest BCUT2D eigenvalue weighted by Gasteiger charge is -2.29. The lowest BCUT2D eigenvalue weighted by molar-refractivity contribution is -0.140. The zero-order chi connectivity index (χ0) is 14.4. The van der Waals surface area contributed by atoms with Gasteiger partial charge in [-0.05, 0) is 33.0 Å². The van der Waals surface area contributed by atoms with Crippen molar-refractivity contribution in [3.8, 4) is 0 Å². The van der Waals surface area contributed by atoms with Crippen LogP contribution in [-0.4, -0.2) is 72.2 Å². The number of nitrogens with zero attached hydrogens (tertiary/aromatic N) is 2. The van der Waals surface area contributed by atoms with E-state index in [1.807, 2.05) is 20.9 Å². The molecule has 2 N–H and O–H groups in total. The lowest BCUT2D eigenvalue weighted by atomic mass is 10.2. The van der Waals surface area contributed by atoms with Crippen molar-refractivity contribution in [1.82, 2.24) is 15.1 Å². The Balaban J connectivity index is 2.43. The van der Waals surface area contributed by atoms with E-state index in [-0.39, 0.29) is 6.04 Å². The maximum atomic E-state index is 11.2. The van der Waals surface area contributed by atoms with Crippen LogP contribution in [0.5, 0.6) is 0 Å². The molecule has 1 aliphatic heterocycles. The molecule has 0 aromatic heterocycles. The van der Waals surface area contributed by atoms with Gasteiger partial charge in [-0.15, -0.1) is 0 Å². The summed E-state index contributed by atoms with van der Waals surface area (Å²) in [5.74, 6) is -0.765. The molecule has 1 aliphatic rings. The Morgan fingerprint density at radius 1 is 1.53 bits per heavy atom. The van der Waals surface area contributed by atoms with E-state index in [0.717, 1.165) is 13.1 Å². The van der Waals surface area contributed by atoms with Gasteiger partial charge < -0.3 is 15.3 Å². The van der Waals surface area contributed by atoms with Crippen LogP contribution in [0.1, 0.15) is 33.6 Å². The summed E-state index contributed by atoms with van der Waals surface area (Å²) in [7, 11) is 2.02. The standard InChI is InChI=1S/C14H29N3O2/c1-5-17-8-6-7-12(17)9-16(4)10-13(14(18)19)15-11(2)3/h11-13,15H,5-10H2,1-4H3,(H,18,19). The van der Waals surface area contributed by atoms with Gasteiger partial charge in [0.05, 0.1) is 0 Å². The van der Waals surface area contributed by atoms with E-state index in [9.17, 15) is 9.90 Å². The fourth-order valence-electron chi connectivity index (χ4n) is 2.87. The van der Waals surface area contributed by atoms with E-state index in [4.69, 9.17) is 0 Å². The van der Waals surface area contributed by atoms with Crippen LogP contribution >= 0.6 is 0 Å². The van der Waals surface area contributed by atoms with Crippen LogP contribution in [0.25, 0.3) is 0 Å². The Morgan fingerprint density at radius 2 is 2.21 bits per heavy atom. The van der Waals surface area contributed by atoms with Crippen molar-refractivity contribution >= 4 is 5.97 Å². The first-order chi connectivity index (χ1) is 8.93. The van der Waals surface area contributed by atoms with Gasteiger partial charge in [-0.25, -0.2) is 0 Å². The predicted molar refractivity (Wildman–Crippen MR) is 77.5 cm³/mol. The number of likely N-dealkylation sites (N-methyl/N-ethyl adjacent to an activating group) is 2. The molecular formula is C14H29N3O2. The topological polar surface area (TPSA) is 55.8 Å². The van der Waals surface area contributed by atoms with Crippen LogP contribution in [0.3, 0.4) is 0 Å². The fraction of sp³-hybridized carbons (Fsp3) is 0.929. The number of carboxylic acid groups (broad SMARTS) is 1. The summed E-state index contributed by atoms with van der Waals surface area (Å²) in [6.07, 6.45) is 2.49. The summed E-state index contributed by atoms with van der Waals surface area (Å²) in [5.41, 5.74) is 0. The minimum atomic E-state index is -0.765. The molecule has 0 aliphatic carbocycles. The second-order valence-corrected chi connectivity index (χ2v) is 5.86. The number of carboxylic acids is 1. The highest BCUT2D eigenvalue weighted by Gasteiger charge is 2.26. The molecule has 0 bridgehead atoms. The minimum Gasteiger partial charge on any atom is -0.480 e. The number of hydrogen-bond donors (Lipinski definition) is 2. The zero-order valence-electron chi connectivity index (χ0n) is 12.7. The number of nitrogens with one attached hydrogen (secondary N) is 1. The van der Waals surface area contributed by atoms with E-state index in [1.54, 1.807) is 0 Å². The average molecular weight is 271 g/mol. The van der Waals surface area contributed by atoms with Gasteiger partial charge in [0, 0.05) is 25.2 Å². The summed E-state index contributed by atoms with van der Waals surface area (Å²) in [5, 5.41) is 12.3. The summed E-state index contributed by atoms with van der Waals surface area (Å²) in [4.78, 5) is 15.9. The normalized spacial score (nSPS) is 22.3. The first-order valence-corrected chi connectivity index (χ1v) is 7.35. The summed E-state index contributed by atoms with van der Waals surface area (Å²) < 4.78 is 0. The molecule has 19 heavy (non-hydrogen) atoms. The third kappa shape index (κ3) is 5.47. The second kappa shape index (κ2) is 7.82. The molecule has 1 saturated heterocycles. The number of rotatable bonds is 8. The van der Waals surface area contributed by atoms with Gasteiger partial charge in [-0.2, -0.15) is 0 Å². The highest BCUT2D eigenvalue weighted by Crippen LogP contribution is 2.17. The van der Waals surface area contributed by atoms with Crippen LogP contribution in [0.15, 0.2) is 0 Å². The predicted octanol–water partition coefficient (Wildman–Crippen LogP) is 0.854. The van der Waals surface area contributed by atoms with E-state index in [2.05, 4.69) is 22.0 Å². The van der Waals surface area contributed by atoms with Gasteiger partial charge in [0.2, 0.25) is 0 Å². The Labute approximate surface area is 117 Å². The van der Waals surface area contributed by atoms with Gasteiger partial charge in [-0.1, -0.05) is 20.8 Å². The fourth-order valence-corrected chi connectivity index (χ4v) is 2.87. The molecule has 2 atom stereocenters. The van der Waals surface area contributed by atoms with Crippen LogP contribution < -0.4 is 5.32 Å². The van der Waals surface area contributed by atoms with Crippen molar-refractivity contribution in [2.45, 2.75) is 51.7 Å². The molecule has 0 radical (unpaired) electrons. The van der Waals surface area contributed by atoms with Crippen molar-refractivity contribution in [3.05, 3.63) is 0 Å². The third-order valence-corrected chi connectivity index (χ3v) is 3.75. The Morgan fingerprint density at radius 3 is 2.74 bits per heavy atom. The molecule has 0 aromatic carbocycles. The van der Waals surface area contributed by atoms with Crippen molar-refractivity contribution in [2.75, 3.05) is 33.2 Å². The highest BCUT2D eigenvalue weighted by atomic mass is 16.4. The lowest BCUT2D eigenvalue weighted by Crippen LogP contribution is -2.49. The Hall–Kier alpha value is -0.650. The Kier molecular flexibility index (Phi) is 6.75. The number of aliphatic carboxylic acids is 1. The van der Waals surface area contributed by atoms with E-state index in [1.165, 1.54) is 19.4 Å². The smallest absolute Gasteiger partial charge is 0.322 e. The minimum absolute atomic E-state index is 0.188. The molecule has 2 unspecified atom stereocenters. The summed E-state index contributed by atoms with van der Waals surface area (Å²) in [6, 6.07) is 0.290. The molecule has 5 heteroatoms. The van der Waals surface area contributed by atoms with Crippen LogP contribution in [0.2, 0.25) is 0 Å². The van der Waals surface area contributed by atoms with E-state index < -0.39 is 12.0 Å². The van der Waals surface area contributed by atoms with Gasteiger partial charge in [0.1, 0.15) is 6.04 Å². The van der Waals surface area contributed by atoms with E-state index in [0.29, 0.717) is 12.6 Å². The molecule has 0 aromatic rings. The van der Waals surface area contributed by atoms with Crippen molar-refractivity contribution in [3.63, 3.8) is 0 Å². The van der Waals surface area contributed by atoms with Crippen LogP contribution in [0.4, 0.5) is 0 Å². The van der Waals surface area contributed by atoms with Gasteiger partial charge in [-0.3, -0.25) is 9.69 Å². The van der Waals surface area contributed by atoms with E-state index >= 15 is 0 Å². The molecular weight excluding hydrogens is 242 g/mol. The van der Waals surface area contributed by atoms with Gasteiger partial charge in [0.15, 0.2) is 0 Å². The van der Waals surface area contributed by atoms with Crippen LogP contribution in [0, 0.1) is 0 Å². The summed E-state index contributed by atoms with van der Waals surface area (Å²) >= 11 is 0. The van der Waals surface area contributed by atoms with Crippen molar-refractivity contribution in [2.24, 2.45) is 0 Å². The molecule has 0 amide bonds. The Bertz CT molecular complexity index is 284. The molecule has 0 saturated carbocycles. The number of likely N-dealkylation sites (tertiary alicyclic amines) is 1. The maximum Gasteiger partial charge on any atom is 0.322 e. The summed E-state index contributed by atoms with van der Waals surface area (Å²) in [6.45, 7) is 9.93. The quantitative estimate of drug-likeness (QED) is 0.685. The molecule has 112 valence electrons. The highest BCUT2D eigenvalue weighted by molar-refractivity contribution is 5.73. The van der Waals surface area contributed by atoms with Gasteiger partial charge >= 0.3 is 5.97 Å². The van der Waals surface area contributed by atoms with Crippen LogP contribution in [-0.2, 0) is 4.79 Å². The molecule has 1 heterocycles. The first kappa shape index (κ1) is 16.4. The SMILES string of the molecule is CCN1CCCC1CN(C)CC(NC(C)C)C(=O)O. The average Bonchev–Trinajstić information content (AvgIpc) is 2.74. The maximum absolute atomic E-state index is 11.2. The second-order valence-electron chi connectivity index (χ2n) is 5.86. The molecule has 0 spiro atoms. The molecule has 1 rings (SSSR count).